The van der Waals surface area contributed by atoms with Crippen LogP contribution in [0.5, 0.6) is 0 Å². The summed E-state index contributed by atoms with van der Waals surface area (Å²) < 4.78 is 0. The fourth-order valence-corrected chi connectivity index (χ4v) is 2.57. The van der Waals surface area contributed by atoms with Gasteiger partial charge >= 0.3 is 0 Å². The Morgan fingerprint density at radius 3 is 2.95 bits per heavy atom. The molecule has 112 valence electrons. The van der Waals surface area contributed by atoms with Gasteiger partial charge in [-0.3, -0.25) is 9.78 Å². The lowest BCUT2D eigenvalue weighted by Gasteiger charge is -2.13. The number of fused-ring (bicyclic) bond motifs is 1. The van der Waals surface area contributed by atoms with Gasteiger partial charge in [0.1, 0.15) is 0 Å². The number of benzene rings is 1. The molecule has 0 aliphatic rings. The molecule has 2 aromatic rings. The van der Waals surface area contributed by atoms with Crippen molar-refractivity contribution in [2.24, 2.45) is 11.7 Å². The second kappa shape index (κ2) is 7.74. The Hall–Kier alpha value is -1.94. The maximum atomic E-state index is 12.1. The van der Waals surface area contributed by atoms with Gasteiger partial charge in [-0.25, -0.2) is 0 Å². The minimum Gasteiger partial charge on any atom is -0.330 e. The molecule has 2 rings (SSSR count). The largest absolute Gasteiger partial charge is 0.330 e. The molecule has 1 aromatic carbocycles. The van der Waals surface area contributed by atoms with Crippen molar-refractivity contribution >= 4 is 22.4 Å². The minimum atomic E-state index is 0.0646. The molecular weight excluding hydrogens is 262 g/mol. The number of amides is 1. The van der Waals surface area contributed by atoms with Gasteiger partial charge in [0.2, 0.25) is 5.91 Å². The van der Waals surface area contributed by atoms with E-state index < -0.39 is 0 Å². The summed E-state index contributed by atoms with van der Waals surface area (Å²) in [5.41, 5.74) is 6.44. The van der Waals surface area contributed by atoms with E-state index in [4.69, 9.17) is 5.73 Å². The van der Waals surface area contributed by atoms with E-state index in [0.29, 0.717) is 18.9 Å². The number of pyridine rings is 1. The van der Waals surface area contributed by atoms with Gasteiger partial charge in [0, 0.05) is 35.3 Å². The average Bonchev–Trinajstić information content (AvgIpc) is 2.52. The Kier molecular flexibility index (Phi) is 5.69. The second-order valence-electron chi connectivity index (χ2n) is 5.34. The fourth-order valence-electron chi connectivity index (χ4n) is 2.57. The maximum Gasteiger partial charge on any atom is 0.224 e. The standard InChI is InChI=1S/C17H23N3O/c1-2-13(8-10-18)6-7-17(21)20-16-5-3-4-14-12-19-11-9-15(14)16/h3-5,9,11-13H,2,6-8,10,18H2,1H3,(H,20,21). The van der Waals surface area contributed by atoms with Gasteiger partial charge < -0.3 is 11.1 Å². The molecule has 0 aliphatic heterocycles. The van der Waals surface area contributed by atoms with Crippen LogP contribution in [0.3, 0.4) is 0 Å². The number of nitrogens with one attached hydrogen (secondary N) is 1. The minimum absolute atomic E-state index is 0.0646. The molecule has 4 nitrogen and oxygen atoms in total. The van der Waals surface area contributed by atoms with Gasteiger partial charge in [-0.05, 0) is 37.4 Å². The summed E-state index contributed by atoms with van der Waals surface area (Å²) in [6, 6.07) is 7.78. The number of nitrogens with zero attached hydrogens (tertiary/aromatic N) is 1. The van der Waals surface area contributed by atoms with Crippen LogP contribution in [-0.4, -0.2) is 17.4 Å². The molecule has 1 atom stereocenters. The normalized spacial score (nSPS) is 12.3. The van der Waals surface area contributed by atoms with Crippen LogP contribution >= 0.6 is 0 Å². The fraction of sp³-hybridized carbons (Fsp3) is 0.412. The lowest BCUT2D eigenvalue weighted by Crippen LogP contribution is -2.15. The number of carbonyl (C=O) groups is 1. The highest BCUT2D eigenvalue weighted by Crippen LogP contribution is 2.23. The average molecular weight is 285 g/mol. The van der Waals surface area contributed by atoms with Gasteiger partial charge in [0.25, 0.3) is 0 Å². The lowest BCUT2D eigenvalue weighted by atomic mass is 9.96. The van der Waals surface area contributed by atoms with Crippen LogP contribution in [0.15, 0.2) is 36.7 Å². The summed E-state index contributed by atoms with van der Waals surface area (Å²) in [6.07, 6.45) is 7.05. The molecule has 0 spiro atoms. The Bertz CT molecular complexity index is 592. The maximum absolute atomic E-state index is 12.1. The first-order chi connectivity index (χ1) is 10.2. The molecular formula is C17H23N3O. The van der Waals surface area contributed by atoms with Crippen LogP contribution in [0.2, 0.25) is 0 Å². The number of rotatable bonds is 7. The third-order valence-electron chi connectivity index (χ3n) is 3.89. The van der Waals surface area contributed by atoms with Crippen LogP contribution in [0.1, 0.15) is 32.6 Å². The molecule has 0 saturated heterocycles. The summed E-state index contributed by atoms with van der Waals surface area (Å²) in [5, 5.41) is 5.06. The first-order valence-corrected chi connectivity index (χ1v) is 7.57. The molecule has 0 saturated carbocycles. The van der Waals surface area contributed by atoms with Gasteiger partial charge in [-0.2, -0.15) is 0 Å². The Labute approximate surface area is 125 Å². The molecule has 1 unspecified atom stereocenters. The van der Waals surface area contributed by atoms with E-state index in [1.807, 2.05) is 24.3 Å². The first kappa shape index (κ1) is 15.4. The van der Waals surface area contributed by atoms with Crippen LogP contribution in [-0.2, 0) is 4.79 Å². The monoisotopic (exact) mass is 285 g/mol. The molecule has 0 bridgehead atoms. The van der Waals surface area contributed by atoms with E-state index in [2.05, 4.69) is 17.2 Å². The molecule has 1 amide bonds. The zero-order valence-corrected chi connectivity index (χ0v) is 12.5. The summed E-state index contributed by atoms with van der Waals surface area (Å²) >= 11 is 0. The third-order valence-corrected chi connectivity index (χ3v) is 3.89. The van der Waals surface area contributed by atoms with Crippen molar-refractivity contribution in [1.29, 1.82) is 0 Å². The zero-order valence-electron chi connectivity index (χ0n) is 12.5. The van der Waals surface area contributed by atoms with Gasteiger partial charge in [-0.15, -0.1) is 0 Å². The highest BCUT2D eigenvalue weighted by molar-refractivity contribution is 6.01. The number of aromatic nitrogens is 1. The van der Waals surface area contributed by atoms with E-state index in [1.54, 1.807) is 12.4 Å². The Morgan fingerprint density at radius 2 is 2.19 bits per heavy atom. The summed E-state index contributed by atoms with van der Waals surface area (Å²) in [5.74, 6) is 0.604. The van der Waals surface area contributed by atoms with Gasteiger partial charge in [0.15, 0.2) is 0 Å². The molecule has 1 heterocycles. The van der Waals surface area contributed by atoms with E-state index in [0.717, 1.165) is 35.7 Å². The summed E-state index contributed by atoms with van der Waals surface area (Å²) in [7, 11) is 0. The highest BCUT2D eigenvalue weighted by Gasteiger charge is 2.10. The molecule has 0 fully saturated rings. The van der Waals surface area contributed by atoms with Gasteiger partial charge in [-0.1, -0.05) is 25.5 Å². The number of hydrogen-bond acceptors (Lipinski definition) is 3. The van der Waals surface area contributed by atoms with E-state index in [-0.39, 0.29) is 5.91 Å². The molecule has 0 aliphatic carbocycles. The van der Waals surface area contributed by atoms with E-state index in [9.17, 15) is 4.79 Å². The molecule has 0 radical (unpaired) electrons. The van der Waals surface area contributed by atoms with Crippen LogP contribution in [0.25, 0.3) is 10.8 Å². The van der Waals surface area contributed by atoms with Crippen molar-refractivity contribution in [1.82, 2.24) is 4.98 Å². The molecule has 3 N–H and O–H groups in total. The number of anilines is 1. The predicted octanol–water partition coefficient (Wildman–Crippen LogP) is 3.33. The number of nitrogens with two attached hydrogens (primary N) is 1. The smallest absolute Gasteiger partial charge is 0.224 e. The van der Waals surface area contributed by atoms with Crippen molar-refractivity contribution in [3.8, 4) is 0 Å². The van der Waals surface area contributed by atoms with Crippen molar-refractivity contribution in [2.45, 2.75) is 32.6 Å². The van der Waals surface area contributed by atoms with E-state index >= 15 is 0 Å². The van der Waals surface area contributed by atoms with Crippen molar-refractivity contribution in [3.63, 3.8) is 0 Å². The van der Waals surface area contributed by atoms with Crippen molar-refractivity contribution in [3.05, 3.63) is 36.7 Å². The summed E-state index contributed by atoms with van der Waals surface area (Å²) in [6.45, 7) is 2.84. The number of carbonyl (C=O) groups excluding carboxylic acids is 1. The third kappa shape index (κ3) is 4.26. The zero-order chi connectivity index (χ0) is 15.1. The SMILES string of the molecule is CCC(CCN)CCC(=O)Nc1cccc2cnccc12. The Morgan fingerprint density at radius 1 is 1.33 bits per heavy atom. The summed E-state index contributed by atoms with van der Waals surface area (Å²) in [4.78, 5) is 16.2. The first-order valence-electron chi connectivity index (χ1n) is 7.57. The Balaban J connectivity index is 1.98. The molecule has 21 heavy (non-hydrogen) atoms. The quantitative estimate of drug-likeness (QED) is 0.820. The predicted molar refractivity (Wildman–Crippen MR) is 87.1 cm³/mol. The van der Waals surface area contributed by atoms with Crippen LogP contribution in [0.4, 0.5) is 5.69 Å². The van der Waals surface area contributed by atoms with Crippen molar-refractivity contribution in [2.75, 3.05) is 11.9 Å². The van der Waals surface area contributed by atoms with Crippen LogP contribution < -0.4 is 11.1 Å². The van der Waals surface area contributed by atoms with Crippen molar-refractivity contribution < 1.29 is 4.79 Å². The lowest BCUT2D eigenvalue weighted by molar-refractivity contribution is -0.116. The van der Waals surface area contributed by atoms with Gasteiger partial charge in [0.05, 0.1) is 0 Å². The molecule has 1 aromatic heterocycles. The highest BCUT2D eigenvalue weighted by atomic mass is 16.1. The van der Waals surface area contributed by atoms with E-state index in [1.165, 1.54) is 0 Å². The number of hydrogen-bond donors (Lipinski definition) is 2. The second-order valence-corrected chi connectivity index (χ2v) is 5.34. The molecule has 4 heteroatoms. The van der Waals surface area contributed by atoms with Crippen LogP contribution in [0, 0.1) is 5.92 Å². The topological polar surface area (TPSA) is 68.0 Å².